The van der Waals surface area contributed by atoms with Gasteiger partial charge in [-0.3, -0.25) is 9.32 Å². The fourth-order valence-corrected chi connectivity index (χ4v) is 4.18. The third-order valence-electron chi connectivity index (χ3n) is 5.61. The summed E-state index contributed by atoms with van der Waals surface area (Å²) in [7, 11) is -4.95. The van der Waals surface area contributed by atoms with Crippen LogP contribution in [0.5, 0.6) is 0 Å². The number of fused-ring (bicyclic) bond motifs is 1. The monoisotopic (exact) mass is 513 g/mol. The third kappa shape index (κ3) is 5.12. The molecule has 0 bridgehead atoms. The summed E-state index contributed by atoms with van der Waals surface area (Å²) in [5.41, 5.74) is -0.957. The van der Waals surface area contributed by atoms with Gasteiger partial charge in [-0.15, -0.1) is 0 Å². The summed E-state index contributed by atoms with van der Waals surface area (Å²) in [4.78, 5) is 40.3. The van der Waals surface area contributed by atoms with Gasteiger partial charge in [-0.2, -0.15) is 9.98 Å². The van der Waals surface area contributed by atoms with Gasteiger partial charge in [0.25, 0.3) is 11.4 Å². The number of phosphoric ester groups is 1. The lowest BCUT2D eigenvalue weighted by Crippen LogP contribution is -2.64. The van der Waals surface area contributed by atoms with E-state index in [0.29, 0.717) is 0 Å². The van der Waals surface area contributed by atoms with Crippen molar-refractivity contribution in [2.45, 2.75) is 49.0 Å². The van der Waals surface area contributed by atoms with Gasteiger partial charge in [-0.05, 0) is 0 Å². The first-order valence-corrected chi connectivity index (χ1v) is 11.4. The molecule has 0 saturated carbocycles. The molecule has 17 nitrogen and oxygen atoms in total. The zero-order valence-corrected chi connectivity index (χ0v) is 18.2. The molecule has 1 aromatic heterocycles. The molecule has 10 N–H and O–H groups in total. The third-order valence-corrected chi connectivity index (χ3v) is 6.09. The van der Waals surface area contributed by atoms with Crippen LogP contribution in [0, 0.1) is 0 Å². The average Bonchev–Trinajstić information content (AvgIpc) is 3.29. The highest BCUT2D eigenvalue weighted by Gasteiger charge is 2.59. The fourth-order valence-electron chi connectivity index (χ4n) is 3.84. The van der Waals surface area contributed by atoms with Gasteiger partial charge in [0.1, 0.15) is 49.5 Å². The van der Waals surface area contributed by atoms with Crippen LogP contribution in [0.25, 0.3) is 0 Å². The maximum atomic E-state index is 12.2. The second-order valence-electron chi connectivity index (χ2n) is 7.89. The second kappa shape index (κ2) is 10.1. The normalized spacial score (nSPS) is 32.4. The van der Waals surface area contributed by atoms with Crippen LogP contribution in [-0.2, 0) is 13.8 Å². The Balaban J connectivity index is 1.97. The number of quaternary nitrogens is 1. The Bertz CT molecular complexity index is 1000. The van der Waals surface area contributed by atoms with E-state index in [1.54, 1.807) is 0 Å². The largest absolute Gasteiger partial charge is 0.469 e. The molecule has 1 unspecified atom stereocenters. The number of aliphatic hydroxyl groups is 7. The van der Waals surface area contributed by atoms with E-state index in [2.05, 4.69) is 19.5 Å². The number of rotatable bonds is 10. The van der Waals surface area contributed by atoms with Crippen molar-refractivity contribution in [1.82, 2.24) is 14.5 Å². The Hall–Kier alpha value is -1.70. The predicted molar refractivity (Wildman–Crippen MR) is 109 cm³/mol. The molecule has 192 valence electrons. The van der Waals surface area contributed by atoms with E-state index in [4.69, 9.17) is 19.6 Å². The summed E-state index contributed by atoms with van der Waals surface area (Å²) in [6.07, 6.45) is -12.3. The molecule has 0 spiro atoms. The van der Waals surface area contributed by atoms with Crippen molar-refractivity contribution in [3.63, 3.8) is 0 Å². The molecule has 0 aromatic carbocycles. The number of phosphoric acid groups is 1. The van der Waals surface area contributed by atoms with Gasteiger partial charge in [0.15, 0.2) is 12.4 Å². The van der Waals surface area contributed by atoms with Crippen LogP contribution in [0.2, 0.25) is 0 Å². The van der Waals surface area contributed by atoms with Crippen molar-refractivity contribution < 1.29 is 59.4 Å². The zero-order valence-electron chi connectivity index (χ0n) is 17.3. The Morgan fingerprint density at radius 3 is 2.41 bits per heavy atom. The van der Waals surface area contributed by atoms with Gasteiger partial charge < -0.3 is 55.3 Å². The molecule has 0 amide bonds. The minimum Gasteiger partial charge on any atom is -0.394 e. The van der Waals surface area contributed by atoms with E-state index in [-0.39, 0.29) is 11.5 Å². The molecule has 1 aromatic rings. The van der Waals surface area contributed by atoms with Crippen LogP contribution >= 0.6 is 7.82 Å². The Labute approximate surface area is 190 Å². The number of nitrogens with zero attached hydrogens (tertiary/aromatic N) is 3. The Morgan fingerprint density at radius 2 is 1.79 bits per heavy atom. The lowest BCUT2D eigenvalue weighted by atomic mass is 10.0. The molecule has 9 atom stereocenters. The quantitative estimate of drug-likeness (QED) is 0.103. The SMILES string of the molecule is O=c1[nH]cnc2c1N=C[N+]2(C[C@H](O)[C@@H](O)[C@H](O)[C@H](O)CO)[C@@H]1O[C@H](COP(=O)(O)O)[C@@H](O)[C@H]1O. The van der Waals surface area contributed by atoms with Crippen molar-refractivity contribution in [1.29, 1.82) is 0 Å². The van der Waals surface area contributed by atoms with E-state index in [1.165, 1.54) is 0 Å². The van der Waals surface area contributed by atoms with Crippen molar-refractivity contribution in [2.24, 2.45) is 4.99 Å². The van der Waals surface area contributed by atoms with Gasteiger partial charge in [-0.25, -0.2) is 9.05 Å². The van der Waals surface area contributed by atoms with Crippen LogP contribution in [0.3, 0.4) is 0 Å². The molecular formula is C16H26N4O13P+. The van der Waals surface area contributed by atoms with E-state index in [0.717, 1.165) is 12.7 Å². The van der Waals surface area contributed by atoms with Crippen molar-refractivity contribution in [2.75, 3.05) is 19.8 Å². The number of hydrogen-bond acceptors (Lipinski definition) is 13. The fraction of sp³-hybridized carbons (Fsp3) is 0.688. The summed E-state index contributed by atoms with van der Waals surface area (Å²) >= 11 is 0. The number of hydrogen-bond donors (Lipinski definition) is 10. The lowest BCUT2D eigenvalue weighted by Gasteiger charge is -2.38. The molecular weight excluding hydrogens is 487 g/mol. The maximum absolute atomic E-state index is 12.2. The van der Waals surface area contributed by atoms with Crippen LogP contribution in [-0.4, -0.2) is 131 Å². The standard InChI is InChI=1S/C16H25N4O13P/c21-2-7(23)11(25)10(24)6(22)1-20(5-19-9-14(20)17-4-18-15(9)28)16-13(27)12(26)8(33-16)3-32-34(29,30)31/h4-8,10-13,16,21-27H,1-3H2,(H2-,17,18,28,29,30,31)/p+1/t6-,7+,8+,10+,11+,12+,13+,16+,20?/m0/s1. The lowest BCUT2D eigenvalue weighted by molar-refractivity contribution is -0.128. The van der Waals surface area contributed by atoms with E-state index >= 15 is 0 Å². The van der Waals surface area contributed by atoms with E-state index in [9.17, 15) is 40.0 Å². The molecule has 34 heavy (non-hydrogen) atoms. The molecule has 1 saturated heterocycles. The number of aliphatic imine (C=N–C) groups is 1. The first kappa shape index (κ1) is 26.9. The highest BCUT2D eigenvalue weighted by Crippen LogP contribution is 2.42. The van der Waals surface area contributed by atoms with Crippen LogP contribution in [0.1, 0.15) is 0 Å². The van der Waals surface area contributed by atoms with Gasteiger partial charge in [0.2, 0.25) is 11.9 Å². The molecule has 18 heteroatoms. The van der Waals surface area contributed by atoms with Crippen molar-refractivity contribution >= 4 is 25.7 Å². The number of aliphatic hydroxyl groups excluding tert-OH is 7. The summed E-state index contributed by atoms with van der Waals surface area (Å²) < 4.78 is 20.1. The van der Waals surface area contributed by atoms with Gasteiger partial charge >= 0.3 is 7.82 Å². The highest BCUT2D eigenvalue weighted by atomic mass is 31.2. The predicted octanol–water partition coefficient (Wildman–Crippen LogP) is -5.26. The molecule has 0 radical (unpaired) electrons. The molecule has 2 aliphatic rings. The van der Waals surface area contributed by atoms with Gasteiger partial charge in [0.05, 0.1) is 13.2 Å². The Kier molecular flexibility index (Phi) is 8.00. The zero-order chi connectivity index (χ0) is 25.4. The molecule has 2 aliphatic heterocycles. The number of nitrogens with one attached hydrogen (secondary N) is 1. The Morgan fingerprint density at radius 1 is 1.15 bits per heavy atom. The summed E-state index contributed by atoms with van der Waals surface area (Å²) in [5.74, 6) is -0.181. The average molecular weight is 513 g/mol. The molecule has 0 aliphatic carbocycles. The number of aromatic nitrogens is 2. The smallest absolute Gasteiger partial charge is 0.394 e. The van der Waals surface area contributed by atoms with Crippen molar-refractivity contribution in [3.05, 3.63) is 16.7 Å². The minimum absolute atomic E-state index is 0.181. The molecule has 3 heterocycles. The van der Waals surface area contributed by atoms with Gasteiger partial charge in [0, 0.05) is 0 Å². The molecule has 1 fully saturated rings. The first-order valence-electron chi connectivity index (χ1n) is 9.88. The first-order chi connectivity index (χ1) is 15.8. The highest BCUT2D eigenvalue weighted by molar-refractivity contribution is 7.46. The number of H-pyrrole nitrogens is 1. The summed E-state index contributed by atoms with van der Waals surface area (Å²) in [6.45, 7) is -2.44. The maximum Gasteiger partial charge on any atom is 0.469 e. The summed E-state index contributed by atoms with van der Waals surface area (Å²) in [5, 5.41) is 70.5. The minimum atomic E-state index is -4.95. The molecule has 3 rings (SSSR count). The van der Waals surface area contributed by atoms with Crippen LogP contribution in [0.15, 0.2) is 16.1 Å². The van der Waals surface area contributed by atoms with E-state index in [1.807, 2.05) is 0 Å². The number of aromatic amines is 1. The second-order valence-corrected chi connectivity index (χ2v) is 9.13. The van der Waals surface area contributed by atoms with Crippen LogP contribution in [0.4, 0.5) is 11.5 Å². The topological polar surface area (TPSA) is 276 Å². The number of ether oxygens (including phenoxy) is 1. The van der Waals surface area contributed by atoms with Crippen molar-refractivity contribution in [3.8, 4) is 0 Å². The van der Waals surface area contributed by atoms with Crippen LogP contribution < -0.4 is 10.0 Å². The van der Waals surface area contributed by atoms with E-state index < -0.39 is 86.6 Å². The van der Waals surface area contributed by atoms with Gasteiger partial charge in [-0.1, -0.05) is 0 Å². The summed E-state index contributed by atoms with van der Waals surface area (Å²) in [6, 6.07) is 0.